The Morgan fingerprint density at radius 2 is 2.36 bits per heavy atom. The van der Waals surface area contributed by atoms with Crippen molar-refractivity contribution in [1.29, 1.82) is 0 Å². The summed E-state index contributed by atoms with van der Waals surface area (Å²) in [6.07, 6.45) is 1.23. The molecule has 22 heavy (non-hydrogen) atoms. The van der Waals surface area contributed by atoms with Crippen LogP contribution in [0.2, 0.25) is 0 Å². The number of nitrogens with zero attached hydrogens (tertiary/aromatic N) is 2. The number of aliphatic imine (C=N–C) groups is 1. The number of aliphatic hydroxyl groups is 1. The van der Waals surface area contributed by atoms with E-state index in [0.29, 0.717) is 12.5 Å². The van der Waals surface area contributed by atoms with Gasteiger partial charge in [0, 0.05) is 24.5 Å². The number of hydrogen-bond donors (Lipinski definition) is 3. The maximum Gasteiger partial charge on any atom is 0.191 e. The van der Waals surface area contributed by atoms with E-state index in [4.69, 9.17) is 0 Å². The molecule has 1 aromatic rings. The molecule has 0 saturated carbocycles. The second-order valence-electron chi connectivity index (χ2n) is 6.24. The summed E-state index contributed by atoms with van der Waals surface area (Å²) in [7, 11) is 2.16. The Labute approximate surface area is 137 Å². The second-order valence-corrected chi connectivity index (χ2v) is 7.19. The number of likely N-dealkylation sites (tertiary alicyclic amines) is 1. The molecule has 6 heteroatoms. The van der Waals surface area contributed by atoms with Gasteiger partial charge in [0.2, 0.25) is 0 Å². The van der Waals surface area contributed by atoms with Crippen molar-refractivity contribution >= 4 is 17.3 Å². The number of hydrogen-bond acceptors (Lipinski definition) is 4. The van der Waals surface area contributed by atoms with Gasteiger partial charge in [-0.25, -0.2) is 4.99 Å². The summed E-state index contributed by atoms with van der Waals surface area (Å²) < 4.78 is 0. The fourth-order valence-corrected chi connectivity index (χ4v) is 3.45. The van der Waals surface area contributed by atoms with E-state index in [0.717, 1.165) is 30.5 Å². The van der Waals surface area contributed by atoms with Crippen LogP contribution in [0.5, 0.6) is 0 Å². The first-order chi connectivity index (χ1) is 10.5. The van der Waals surface area contributed by atoms with Crippen LogP contribution in [-0.4, -0.2) is 55.7 Å². The number of thiophene rings is 1. The highest BCUT2D eigenvalue weighted by atomic mass is 32.1. The lowest BCUT2D eigenvalue weighted by atomic mass is 10.1. The minimum Gasteiger partial charge on any atom is -0.383 e. The van der Waals surface area contributed by atoms with Crippen LogP contribution >= 0.6 is 11.3 Å². The molecule has 0 radical (unpaired) electrons. The molecular formula is C16H28N4OS. The van der Waals surface area contributed by atoms with Crippen LogP contribution in [0.15, 0.2) is 22.5 Å². The van der Waals surface area contributed by atoms with E-state index in [1.807, 2.05) is 24.4 Å². The van der Waals surface area contributed by atoms with E-state index in [1.165, 1.54) is 13.0 Å². The van der Waals surface area contributed by atoms with E-state index in [2.05, 4.69) is 34.5 Å². The fourth-order valence-electron chi connectivity index (χ4n) is 2.67. The summed E-state index contributed by atoms with van der Waals surface area (Å²) in [6, 6.07) is 3.91. The first-order valence-corrected chi connectivity index (χ1v) is 8.86. The molecule has 1 aliphatic heterocycles. The van der Waals surface area contributed by atoms with Gasteiger partial charge in [-0.3, -0.25) is 0 Å². The lowest BCUT2D eigenvalue weighted by molar-refractivity contribution is 0.0711. The lowest BCUT2D eigenvalue weighted by Crippen LogP contribution is -2.41. The third kappa shape index (κ3) is 4.97. The Bertz CT molecular complexity index is 473. The Balaban J connectivity index is 1.89. The van der Waals surface area contributed by atoms with Gasteiger partial charge < -0.3 is 20.6 Å². The molecule has 0 spiro atoms. The summed E-state index contributed by atoms with van der Waals surface area (Å²) in [5, 5.41) is 19.2. The van der Waals surface area contributed by atoms with Crippen LogP contribution in [-0.2, 0) is 5.60 Å². The minimum atomic E-state index is -0.913. The molecule has 0 aromatic carbocycles. The molecule has 2 unspecified atom stereocenters. The Morgan fingerprint density at radius 1 is 1.55 bits per heavy atom. The van der Waals surface area contributed by atoms with Crippen molar-refractivity contribution in [3.63, 3.8) is 0 Å². The topological polar surface area (TPSA) is 59.9 Å². The van der Waals surface area contributed by atoms with Gasteiger partial charge in [-0.15, -0.1) is 11.3 Å². The number of nitrogens with one attached hydrogen (secondary N) is 2. The monoisotopic (exact) mass is 324 g/mol. The quantitative estimate of drug-likeness (QED) is 0.548. The maximum atomic E-state index is 10.5. The van der Waals surface area contributed by atoms with E-state index in [1.54, 1.807) is 11.3 Å². The van der Waals surface area contributed by atoms with Crippen LogP contribution in [0.3, 0.4) is 0 Å². The van der Waals surface area contributed by atoms with Crippen LogP contribution in [0.4, 0.5) is 0 Å². The third-order valence-electron chi connectivity index (χ3n) is 3.99. The predicted molar refractivity (Wildman–Crippen MR) is 93.5 cm³/mol. The van der Waals surface area contributed by atoms with Gasteiger partial charge in [0.25, 0.3) is 0 Å². The summed E-state index contributed by atoms with van der Waals surface area (Å²) in [5.74, 6) is 1.46. The zero-order valence-electron chi connectivity index (χ0n) is 13.8. The molecule has 3 N–H and O–H groups in total. The van der Waals surface area contributed by atoms with Crippen LogP contribution in [0.25, 0.3) is 0 Å². The summed E-state index contributed by atoms with van der Waals surface area (Å²) >= 11 is 1.56. The molecule has 0 amide bonds. The molecule has 1 saturated heterocycles. The van der Waals surface area contributed by atoms with Crippen LogP contribution in [0, 0.1) is 5.92 Å². The zero-order valence-corrected chi connectivity index (χ0v) is 14.6. The van der Waals surface area contributed by atoms with Gasteiger partial charge in [0.05, 0.1) is 6.54 Å². The third-order valence-corrected chi connectivity index (χ3v) is 5.11. The summed E-state index contributed by atoms with van der Waals surface area (Å²) in [6.45, 7) is 8.28. The van der Waals surface area contributed by atoms with E-state index < -0.39 is 5.60 Å². The largest absolute Gasteiger partial charge is 0.383 e. The van der Waals surface area contributed by atoms with Crippen molar-refractivity contribution in [2.45, 2.75) is 25.9 Å². The molecule has 0 aliphatic carbocycles. The highest BCUT2D eigenvalue weighted by Crippen LogP contribution is 2.25. The Hall–Kier alpha value is -1.11. The van der Waals surface area contributed by atoms with Gasteiger partial charge in [0.1, 0.15) is 5.60 Å². The molecule has 2 heterocycles. The van der Waals surface area contributed by atoms with Crippen molar-refractivity contribution in [3.8, 4) is 0 Å². The first kappa shape index (κ1) is 17.2. The Morgan fingerprint density at radius 3 is 2.95 bits per heavy atom. The molecule has 5 nitrogen and oxygen atoms in total. The number of guanidine groups is 1. The standard InChI is InChI=1S/C16H28N4OS/c1-4-17-15(18-10-13-7-8-20(3)11-13)19-12-16(2,21)14-6-5-9-22-14/h5-6,9,13,21H,4,7-8,10-12H2,1-3H3,(H2,17,18,19). The Kier molecular flexibility index (Phi) is 6.23. The van der Waals surface area contributed by atoms with Crippen LogP contribution in [0.1, 0.15) is 25.1 Å². The van der Waals surface area contributed by atoms with Crippen molar-refractivity contribution in [3.05, 3.63) is 22.4 Å². The molecule has 1 aromatic heterocycles. The highest BCUT2D eigenvalue weighted by molar-refractivity contribution is 7.10. The highest BCUT2D eigenvalue weighted by Gasteiger charge is 2.24. The molecule has 1 aliphatic rings. The zero-order chi connectivity index (χ0) is 16.0. The average Bonchev–Trinajstić information content (AvgIpc) is 3.13. The fraction of sp³-hybridized carbons (Fsp3) is 0.688. The van der Waals surface area contributed by atoms with Crippen molar-refractivity contribution < 1.29 is 5.11 Å². The van der Waals surface area contributed by atoms with E-state index in [-0.39, 0.29) is 0 Å². The van der Waals surface area contributed by atoms with Gasteiger partial charge in [0.15, 0.2) is 5.96 Å². The van der Waals surface area contributed by atoms with E-state index >= 15 is 0 Å². The van der Waals surface area contributed by atoms with Crippen molar-refractivity contribution in [1.82, 2.24) is 15.5 Å². The first-order valence-electron chi connectivity index (χ1n) is 7.98. The van der Waals surface area contributed by atoms with Gasteiger partial charge in [-0.2, -0.15) is 0 Å². The molecular weight excluding hydrogens is 296 g/mol. The van der Waals surface area contributed by atoms with Crippen molar-refractivity contribution in [2.24, 2.45) is 10.9 Å². The predicted octanol–water partition coefficient (Wildman–Crippen LogP) is 1.46. The van der Waals surface area contributed by atoms with Crippen molar-refractivity contribution in [2.75, 3.05) is 39.8 Å². The average molecular weight is 324 g/mol. The number of rotatable bonds is 6. The van der Waals surface area contributed by atoms with Gasteiger partial charge >= 0.3 is 0 Å². The minimum absolute atomic E-state index is 0.355. The molecule has 2 rings (SSSR count). The molecule has 2 atom stereocenters. The smallest absolute Gasteiger partial charge is 0.191 e. The summed E-state index contributed by atoms with van der Waals surface area (Å²) in [5.41, 5.74) is -0.913. The second kappa shape index (κ2) is 7.94. The molecule has 1 fully saturated rings. The molecule has 0 bridgehead atoms. The normalized spacial score (nSPS) is 22.5. The van der Waals surface area contributed by atoms with Gasteiger partial charge in [-0.1, -0.05) is 6.07 Å². The summed E-state index contributed by atoms with van der Waals surface area (Å²) in [4.78, 5) is 7.87. The lowest BCUT2D eigenvalue weighted by Gasteiger charge is -2.21. The van der Waals surface area contributed by atoms with E-state index in [9.17, 15) is 5.11 Å². The molecule has 124 valence electrons. The SMILES string of the molecule is CCNC(=NCC(C)(O)c1cccs1)NCC1CCN(C)C1. The van der Waals surface area contributed by atoms with Crippen LogP contribution < -0.4 is 10.6 Å². The van der Waals surface area contributed by atoms with Gasteiger partial charge in [-0.05, 0) is 51.2 Å². The maximum absolute atomic E-state index is 10.5.